The number of benzene rings is 2. The van der Waals surface area contributed by atoms with Crippen molar-refractivity contribution in [2.24, 2.45) is 5.41 Å². The van der Waals surface area contributed by atoms with Crippen molar-refractivity contribution >= 4 is 18.5 Å². The van der Waals surface area contributed by atoms with Crippen LogP contribution in [0.3, 0.4) is 0 Å². The highest BCUT2D eigenvalue weighted by Crippen LogP contribution is 2.42. The fourth-order valence-corrected chi connectivity index (χ4v) is 6.69. The van der Waals surface area contributed by atoms with Crippen molar-refractivity contribution in [2.45, 2.75) is 13.1 Å². The molecule has 0 bridgehead atoms. The molecule has 6 heteroatoms. The number of nitrogens with zero attached hydrogens (tertiary/aromatic N) is 4. The summed E-state index contributed by atoms with van der Waals surface area (Å²) in [4.78, 5) is 0. The van der Waals surface area contributed by atoms with Gasteiger partial charge in [-0.25, -0.2) is 0 Å². The number of hydrogen-bond acceptors (Lipinski definition) is 3. The second kappa shape index (κ2) is 11.0. The molecule has 0 radical (unpaired) electrons. The van der Waals surface area contributed by atoms with Gasteiger partial charge in [-0.15, -0.1) is 6.58 Å². The molecule has 2 aromatic carbocycles. The van der Waals surface area contributed by atoms with Gasteiger partial charge in [-0.1, -0.05) is 66.7 Å². The Morgan fingerprint density at radius 2 is 1.34 bits per heavy atom. The minimum absolute atomic E-state index is 0.210. The average molecular weight is 445 g/mol. The summed E-state index contributed by atoms with van der Waals surface area (Å²) in [6.45, 7) is 6.44. The Morgan fingerprint density at radius 1 is 0.812 bits per heavy atom. The Morgan fingerprint density at radius 3 is 1.78 bits per heavy atom. The minimum atomic E-state index is -0.611. The van der Waals surface area contributed by atoms with Crippen molar-refractivity contribution in [1.29, 1.82) is 0 Å². The summed E-state index contributed by atoms with van der Waals surface area (Å²) in [7, 11) is -0.611. The zero-order valence-corrected chi connectivity index (χ0v) is 19.1. The number of rotatable bonds is 12. The van der Waals surface area contributed by atoms with Crippen LogP contribution in [-0.4, -0.2) is 38.9 Å². The molecule has 0 saturated heterocycles. The van der Waals surface area contributed by atoms with Crippen molar-refractivity contribution < 1.29 is 4.74 Å². The third-order valence-corrected chi connectivity index (χ3v) is 8.22. The van der Waals surface area contributed by atoms with Crippen molar-refractivity contribution in [3.8, 4) is 0 Å². The van der Waals surface area contributed by atoms with Crippen molar-refractivity contribution in [1.82, 2.24) is 19.6 Å². The Hall–Kier alpha value is -3.01. The molecule has 0 aliphatic rings. The Bertz CT molecular complexity index is 974. The van der Waals surface area contributed by atoms with Crippen molar-refractivity contribution in [3.63, 3.8) is 0 Å². The first kappa shape index (κ1) is 22.2. The van der Waals surface area contributed by atoms with E-state index in [1.165, 1.54) is 10.6 Å². The van der Waals surface area contributed by atoms with Crippen molar-refractivity contribution in [2.75, 3.05) is 19.4 Å². The summed E-state index contributed by atoms with van der Waals surface area (Å²) in [6.07, 6.45) is 10.5. The molecular weight excluding hydrogens is 415 g/mol. The molecule has 0 N–H and O–H groups in total. The Kier molecular flexibility index (Phi) is 7.65. The van der Waals surface area contributed by atoms with Crippen LogP contribution in [0.25, 0.3) is 0 Å². The normalized spacial score (nSPS) is 11.7. The SMILES string of the molecule is C=CCOCC(Cn1cccn1)(Cn1cccn1)CP(c1ccccc1)c1ccccc1. The van der Waals surface area contributed by atoms with Crippen LogP contribution in [0.15, 0.2) is 110 Å². The largest absolute Gasteiger partial charge is 0.377 e. The second-order valence-electron chi connectivity index (χ2n) is 7.97. The van der Waals surface area contributed by atoms with Gasteiger partial charge in [-0.2, -0.15) is 10.2 Å². The molecule has 0 amide bonds. The Labute approximate surface area is 191 Å². The predicted molar refractivity (Wildman–Crippen MR) is 132 cm³/mol. The van der Waals surface area contributed by atoms with Gasteiger partial charge >= 0.3 is 0 Å². The molecule has 0 aliphatic carbocycles. The van der Waals surface area contributed by atoms with E-state index >= 15 is 0 Å². The van der Waals surface area contributed by atoms with E-state index in [-0.39, 0.29) is 5.41 Å². The van der Waals surface area contributed by atoms with E-state index in [4.69, 9.17) is 4.74 Å². The molecule has 0 fully saturated rings. The van der Waals surface area contributed by atoms with Gasteiger partial charge in [0.1, 0.15) is 0 Å². The minimum Gasteiger partial charge on any atom is -0.377 e. The maximum atomic E-state index is 6.13. The molecule has 0 unspecified atom stereocenters. The molecular formula is C26H29N4OP. The van der Waals surface area contributed by atoms with E-state index in [1.54, 1.807) is 0 Å². The fraction of sp³-hybridized carbons (Fsp3) is 0.231. The number of aromatic nitrogens is 4. The van der Waals surface area contributed by atoms with Crippen LogP contribution >= 0.6 is 7.92 Å². The maximum absolute atomic E-state index is 6.13. The molecule has 0 aliphatic heterocycles. The lowest BCUT2D eigenvalue weighted by Gasteiger charge is -2.37. The molecule has 164 valence electrons. The quantitative estimate of drug-likeness (QED) is 0.188. The van der Waals surface area contributed by atoms with Gasteiger partial charge in [0.15, 0.2) is 0 Å². The standard InChI is InChI=1S/C26H29N4OP/c1-2-19-31-22-26(20-29-17-9-15-27-29,21-30-18-10-16-28-30)23-32(24-11-5-3-6-12-24)25-13-7-4-8-14-25/h2-18H,1,19-23H2. The molecule has 32 heavy (non-hydrogen) atoms. The summed E-state index contributed by atoms with van der Waals surface area (Å²) in [5, 5.41) is 11.8. The van der Waals surface area contributed by atoms with Crippen LogP contribution < -0.4 is 10.6 Å². The van der Waals surface area contributed by atoms with E-state index in [1.807, 2.05) is 52.4 Å². The predicted octanol–water partition coefficient (Wildman–Crippen LogP) is 4.10. The first-order valence-electron chi connectivity index (χ1n) is 10.8. The summed E-state index contributed by atoms with van der Waals surface area (Å²) in [5.74, 6) is 0. The van der Waals surface area contributed by atoms with Crippen LogP contribution in [-0.2, 0) is 17.8 Å². The first-order valence-corrected chi connectivity index (χ1v) is 12.3. The van der Waals surface area contributed by atoms with E-state index in [0.29, 0.717) is 13.2 Å². The first-order chi connectivity index (χ1) is 15.8. The molecule has 2 heterocycles. The second-order valence-corrected chi connectivity index (χ2v) is 10.2. The highest BCUT2D eigenvalue weighted by atomic mass is 31.1. The average Bonchev–Trinajstić information content (AvgIpc) is 3.53. The van der Waals surface area contributed by atoms with Gasteiger partial charge in [-0.05, 0) is 36.8 Å². The lowest BCUT2D eigenvalue weighted by atomic mass is 9.91. The molecule has 0 spiro atoms. The smallest absolute Gasteiger partial charge is 0.0645 e. The third-order valence-electron chi connectivity index (χ3n) is 5.39. The van der Waals surface area contributed by atoms with Crippen LogP contribution in [0.2, 0.25) is 0 Å². The monoisotopic (exact) mass is 444 g/mol. The molecule has 0 atom stereocenters. The summed E-state index contributed by atoms with van der Waals surface area (Å²) in [5.41, 5.74) is -0.210. The lowest BCUT2D eigenvalue weighted by molar-refractivity contribution is 0.0449. The van der Waals surface area contributed by atoms with E-state index in [0.717, 1.165) is 19.3 Å². The maximum Gasteiger partial charge on any atom is 0.0645 e. The van der Waals surface area contributed by atoms with E-state index in [9.17, 15) is 0 Å². The number of hydrogen-bond donors (Lipinski definition) is 0. The van der Waals surface area contributed by atoms with E-state index in [2.05, 4.69) is 77.4 Å². The van der Waals surface area contributed by atoms with Gasteiger partial charge in [-0.3, -0.25) is 9.36 Å². The fourth-order valence-electron chi connectivity index (χ4n) is 4.00. The molecule has 5 nitrogen and oxygen atoms in total. The van der Waals surface area contributed by atoms with Crippen LogP contribution in [0.1, 0.15) is 0 Å². The molecule has 4 rings (SSSR count). The van der Waals surface area contributed by atoms with E-state index < -0.39 is 7.92 Å². The van der Waals surface area contributed by atoms with Crippen LogP contribution in [0.5, 0.6) is 0 Å². The molecule has 4 aromatic rings. The number of ether oxygens (including phenoxy) is 1. The molecule has 0 saturated carbocycles. The highest BCUT2D eigenvalue weighted by Gasteiger charge is 2.36. The third kappa shape index (κ3) is 5.82. The Balaban J connectivity index is 1.75. The summed E-state index contributed by atoms with van der Waals surface area (Å²) < 4.78 is 10.2. The van der Waals surface area contributed by atoms with Gasteiger partial charge in [0.05, 0.1) is 26.3 Å². The molecule has 2 aromatic heterocycles. The highest BCUT2D eigenvalue weighted by molar-refractivity contribution is 7.73. The van der Waals surface area contributed by atoms with Gasteiger partial charge in [0, 0.05) is 30.2 Å². The zero-order valence-electron chi connectivity index (χ0n) is 18.2. The topological polar surface area (TPSA) is 44.9 Å². The lowest BCUT2D eigenvalue weighted by Crippen LogP contribution is -2.41. The summed E-state index contributed by atoms with van der Waals surface area (Å²) >= 11 is 0. The van der Waals surface area contributed by atoms with Gasteiger partial charge < -0.3 is 4.74 Å². The van der Waals surface area contributed by atoms with Crippen molar-refractivity contribution in [3.05, 3.63) is 110 Å². The van der Waals surface area contributed by atoms with Crippen LogP contribution in [0.4, 0.5) is 0 Å². The zero-order chi connectivity index (χ0) is 22.1. The summed E-state index contributed by atoms with van der Waals surface area (Å²) in [6, 6.07) is 25.6. The van der Waals surface area contributed by atoms with Gasteiger partial charge in [0.2, 0.25) is 0 Å². The van der Waals surface area contributed by atoms with Gasteiger partial charge in [0.25, 0.3) is 0 Å². The van der Waals surface area contributed by atoms with Crippen LogP contribution in [0, 0.1) is 5.41 Å².